The summed E-state index contributed by atoms with van der Waals surface area (Å²) in [5.41, 5.74) is 0.0938. The maximum atomic E-state index is 11.5. The van der Waals surface area contributed by atoms with Gasteiger partial charge >= 0.3 is 0 Å². The Balaban J connectivity index is 2.10. The SMILES string of the molecule is CNS(=O)(=O)C1CC12CCN(C)C2. The van der Waals surface area contributed by atoms with Crippen LogP contribution in [0.25, 0.3) is 0 Å². The van der Waals surface area contributed by atoms with Crippen LogP contribution in [0.3, 0.4) is 0 Å². The molecule has 2 aliphatic rings. The smallest absolute Gasteiger partial charge is 0.214 e. The fourth-order valence-electron chi connectivity index (χ4n) is 2.43. The summed E-state index contributed by atoms with van der Waals surface area (Å²) >= 11 is 0. The monoisotopic (exact) mass is 204 g/mol. The molecule has 5 heteroatoms. The third-order valence-electron chi connectivity index (χ3n) is 3.35. The maximum Gasteiger partial charge on any atom is 0.214 e. The molecule has 1 N–H and O–H groups in total. The first kappa shape index (κ1) is 9.43. The molecule has 0 amide bonds. The summed E-state index contributed by atoms with van der Waals surface area (Å²) in [7, 11) is 0.535. The van der Waals surface area contributed by atoms with Crippen LogP contribution in [-0.4, -0.2) is 45.8 Å². The largest absolute Gasteiger partial charge is 0.306 e. The molecule has 1 aliphatic carbocycles. The molecule has 0 aromatic heterocycles. The highest BCUT2D eigenvalue weighted by atomic mass is 32.2. The molecule has 1 heterocycles. The van der Waals surface area contributed by atoms with Gasteiger partial charge in [0.15, 0.2) is 0 Å². The second-order valence-electron chi connectivity index (χ2n) is 4.29. The van der Waals surface area contributed by atoms with E-state index in [1.54, 1.807) is 0 Å². The van der Waals surface area contributed by atoms with E-state index in [-0.39, 0.29) is 10.7 Å². The van der Waals surface area contributed by atoms with E-state index in [1.807, 2.05) is 0 Å². The Labute approximate surface area is 79.4 Å². The number of nitrogens with zero attached hydrogens (tertiary/aromatic N) is 1. The standard InChI is InChI=1S/C8H16N2O2S/c1-9-13(11,12)7-5-8(7)3-4-10(2)6-8/h7,9H,3-6H2,1-2H3. The van der Waals surface area contributed by atoms with Crippen LogP contribution >= 0.6 is 0 Å². The van der Waals surface area contributed by atoms with Crippen molar-refractivity contribution in [1.29, 1.82) is 0 Å². The lowest BCUT2D eigenvalue weighted by molar-refractivity contribution is 0.388. The fourth-order valence-corrected chi connectivity index (χ4v) is 4.12. The number of hydrogen-bond donors (Lipinski definition) is 1. The van der Waals surface area contributed by atoms with E-state index >= 15 is 0 Å². The molecule has 0 radical (unpaired) electrons. The van der Waals surface area contributed by atoms with Crippen molar-refractivity contribution in [2.75, 3.05) is 27.2 Å². The fraction of sp³-hybridized carbons (Fsp3) is 1.00. The van der Waals surface area contributed by atoms with Crippen LogP contribution in [0.5, 0.6) is 0 Å². The van der Waals surface area contributed by atoms with Gasteiger partial charge in [-0.3, -0.25) is 0 Å². The molecule has 2 atom stereocenters. The van der Waals surface area contributed by atoms with E-state index in [2.05, 4.69) is 16.7 Å². The van der Waals surface area contributed by atoms with Gasteiger partial charge in [0.05, 0.1) is 5.25 Å². The lowest BCUT2D eigenvalue weighted by atomic mass is 10.1. The van der Waals surface area contributed by atoms with E-state index in [0.29, 0.717) is 0 Å². The lowest BCUT2D eigenvalue weighted by Gasteiger charge is -2.09. The van der Waals surface area contributed by atoms with Gasteiger partial charge in [0.1, 0.15) is 0 Å². The predicted octanol–water partition coefficient (Wildman–Crippen LogP) is -0.370. The van der Waals surface area contributed by atoms with Gasteiger partial charge < -0.3 is 4.90 Å². The van der Waals surface area contributed by atoms with Gasteiger partial charge in [-0.15, -0.1) is 0 Å². The molecule has 2 fully saturated rings. The zero-order valence-electron chi connectivity index (χ0n) is 8.08. The number of nitrogens with one attached hydrogen (secondary N) is 1. The second kappa shape index (κ2) is 2.68. The van der Waals surface area contributed by atoms with Crippen LogP contribution in [0.2, 0.25) is 0 Å². The summed E-state index contributed by atoms with van der Waals surface area (Å²) in [6.07, 6.45) is 1.88. The minimum Gasteiger partial charge on any atom is -0.306 e. The molecule has 1 spiro atoms. The van der Waals surface area contributed by atoms with Gasteiger partial charge in [0, 0.05) is 12.0 Å². The van der Waals surface area contributed by atoms with Crippen molar-refractivity contribution in [2.45, 2.75) is 18.1 Å². The summed E-state index contributed by atoms with van der Waals surface area (Å²) < 4.78 is 25.4. The summed E-state index contributed by atoms with van der Waals surface area (Å²) in [5, 5.41) is -0.130. The van der Waals surface area contributed by atoms with Crippen molar-refractivity contribution < 1.29 is 8.42 Å². The van der Waals surface area contributed by atoms with E-state index in [0.717, 1.165) is 25.9 Å². The average molecular weight is 204 g/mol. The topological polar surface area (TPSA) is 49.4 Å². The molecule has 1 saturated carbocycles. The van der Waals surface area contributed by atoms with Gasteiger partial charge in [0.2, 0.25) is 10.0 Å². The van der Waals surface area contributed by atoms with E-state index in [9.17, 15) is 8.42 Å². The first-order valence-corrected chi connectivity index (χ1v) is 6.16. The first-order chi connectivity index (χ1) is 6.00. The van der Waals surface area contributed by atoms with E-state index in [1.165, 1.54) is 7.05 Å². The summed E-state index contributed by atoms with van der Waals surface area (Å²) in [5.74, 6) is 0. The van der Waals surface area contributed by atoms with Crippen LogP contribution in [-0.2, 0) is 10.0 Å². The van der Waals surface area contributed by atoms with Crippen LogP contribution < -0.4 is 4.72 Å². The molecule has 0 aromatic rings. The third kappa shape index (κ3) is 1.39. The van der Waals surface area contributed by atoms with Crippen molar-refractivity contribution in [3.8, 4) is 0 Å². The Morgan fingerprint density at radius 1 is 1.54 bits per heavy atom. The molecule has 0 bridgehead atoms. The number of sulfonamides is 1. The van der Waals surface area contributed by atoms with E-state index in [4.69, 9.17) is 0 Å². The highest BCUT2D eigenvalue weighted by Crippen LogP contribution is 2.56. The number of hydrogen-bond acceptors (Lipinski definition) is 3. The molecular formula is C8H16N2O2S. The third-order valence-corrected chi connectivity index (χ3v) is 5.33. The Morgan fingerprint density at radius 3 is 2.69 bits per heavy atom. The average Bonchev–Trinajstić information content (AvgIpc) is 2.65. The molecule has 1 saturated heterocycles. The van der Waals surface area contributed by atoms with Crippen LogP contribution in [0, 0.1) is 5.41 Å². The summed E-state index contributed by atoms with van der Waals surface area (Å²) in [6.45, 7) is 1.98. The summed E-state index contributed by atoms with van der Waals surface area (Å²) in [4.78, 5) is 2.21. The summed E-state index contributed by atoms with van der Waals surface area (Å²) in [6, 6.07) is 0. The highest BCUT2D eigenvalue weighted by Gasteiger charge is 2.62. The number of likely N-dealkylation sites (tertiary alicyclic amines) is 1. The van der Waals surface area contributed by atoms with Gasteiger partial charge in [0.25, 0.3) is 0 Å². The van der Waals surface area contributed by atoms with Crippen molar-refractivity contribution in [3.63, 3.8) is 0 Å². The predicted molar refractivity (Wildman–Crippen MR) is 50.9 cm³/mol. The van der Waals surface area contributed by atoms with Crippen LogP contribution in [0.1, 0.15) is 12.8 Å². The van der Waals surface area contributed by atoms with Crippen LogP contribution in [0.4, 0.5) is 0 Å². The van der Waals surface area contributed by atoms with Crippen molar-refractivity contribution in [2.24, 2.45) is 5.41 Å². The molecule has 1 aliphatic heterocycles. The molecule has 2 unspecified atom stereocenters. The molecule has 76 valence electrons. The Morgan fingerprint density at radius 2 is 2.23 bits per heavy atom. The van der Waals surface area contributed by atoms with Gasteiger partial charge in [-0.1, -0.05) is 0 Å². The van der Waals surface area contributed by atoms with Crippen molar-refractivity contribution >= 4 is 10.0 Å². The molecule has 4 nitrogen and oxygen atoms in total. The molecule has 2 rings (SSSR count). The molecule has 13 heavy (non-hydrogen) atoms. The first-order valence-electron chi connectivity index (χ1n) is 4.61. The maximum absolute atomic E-state index is 11.5. The van der Waals surface area contributed by atoms with E-state index < -0.39 is 10.0 Å². The molecule has 0 aromatic carbocycles. The van der Waals surface area contributed by atoms with Crippen molar-refractivity contribution in [3.05, 3.63) is 0 Å². The van der Waals surface area contributed by atoms with Crippen molar-refractivity contribution in [1.82, 2.24) is 9.62 Å². The minimum absolute atomic E-state index is 0.0938. The van der Waals surface area contributed by atoms with Gasteiger partial charge in [-0.05, 0) is 33.5 Å². The second-order valence-corrected chi connectivity index (χ2v) is 6.36. The normalized spacial score (nSPS) is 40.0. The Bertz CT molecular complexity index is 314. The quantitative estimate of drug-likeness (QED) is 0.667. The van der Waals surface area contributed by atoms with Gasteiger partial charge in [-0.25, -0.2) is 13.1 Å². The minimum atomic E-state index is -3.02. The Kier molecular flexibility index (Phi) is 1.94. The number of rotatable bonds is 2. The zero-order chi connectivity index (χ0) is 9.69. The Hall–Kier alpha value is -0.130. The lowest BCUT2D eigenvalue weighted by Crippen LogP contribution is -2.28. The van der Waals surface area contributed by atoms with Crippen LogP contribution in [0.15, 0.2) is 0 Å². The molecular weight excluding hydrogens is 188 g/mol. The highest BCUT2D eigenvalue weighted by molar-refractivity contribution is 7.90. The van der Waals surface area contributed by atoms with Gasteiger partial charge in [-0.2, -0.15) is 0 Å². The zero-order valence-corrected chi connectivity index (χ0v) is 8.89.